The summed E-state index contributed by atoms with van der Waals surface area (Å²) in [6, 6.07) is 3.69. The predicted octanol–water partition coefficient (Wildman–Crippen LogP) is 3.20. The van der Waals surface area contributed by atoms with Gasteiger partial charge in [-0.1, -0.05) is 6.92 Å². The third-order valence-electron chi connectivity index (χ3n) is 1.84. The molecule has 14 heavy (non-hydrogen) atoms. The molecule has 0 atom stereocenters. The summed E-state index contributed by atoms with van der Waals surface area (Å²) in [5, 5.41) is 0. The monoisotopic (exact) mass is 304 g/mol. The second kappa shape index (κ2) is 5.34. The lowest BCUT2D eigenvalue weighted by Gasteiger charge is -2.10. The van der Waals surface area contributed by atoms with Crippen molar-refractivity contribution >= 4 is 28.9 Å². The number of aryl methyl sites for hydroxylation is 1. The highest BCUT2D eigenvalue weighted by Crippen LogP contribution is 2.26. The van der Waals surface area contributed by atoms with Gasteiger partial charge in [0.15, 0.2) is 0 Å². The normalized spacial score (nSPS) is 9.93. The Morgan fingerprint density at radius 1 is 1.50 bits per heavy atom. The summed E-state index contributed by atoms with van der Waals surface area (Å²) < 4.78 is 6.59. The predicted molar refractivity (Wildman–Crippen MR) is 65.1 cm³/mol. The Bertz CT molecular complexity index is 311. The van der Waals surface area contributed by atoms with Gasteiger partial charge in [-0.2, -0.15) is 0 Å². The summed E-state index contributed by atoms with van der Waals surface area (Å²) in [7, 11) is 0. The molecule has 0 N–H and O–H groups in total. The van der Waals surface area contributed by atoms with Crippen LogP contribution in [-0.4, -0.2) is 12.9 Å². The quantitative estimate of drug-likeness (QED) is 0.631. The van der Waals surface area contributed by atoms with Gasteiger partial charge in [0.25, 0.3) is 0 Å². The third kappa shape index (κ3) is 2.70. The third-order valence-corrected chi connectivity index (χ3v) is 2.64. The zero-order valence-corrected chi connectivity index (χ0v) is 10.5. The fraction of sp³-hybridized carbons (Fsp3) is 0.364. The van der Waals surface area contributed by atoms with E-state index in [-0.39, 0.29) is 0 Å². The molecule has 0 saturated heterocycles. The summed E-state index contributed by atoms with van der Waals surface area (Å²) in [5.41, 5.74) is 1.73. The molecule has 0 aliphatic heterocycles. The largest absolute Gasteiger partial charge is 0.492 e. The molecule has 0 heterocycles. The first-order valence-corrected chi connectivity index (χ1v) is 5.65. The molecule has 0 bridgehead atoms. The highest BCUT2D eigenvalue weighted by atomic mass is 127. The fourth-order valence-electron chi connectivity index (χ4n) is 1.21. The van der Waals surface area contributed by atoms with Gasteiger partial charge >= 0.3 is 0 Å². The van der Waals surface area contributed by atoms with Crippen molar-refractivity contribution < 1.29 is 9.53 Å². The number of halogens is 1. The second-order valence-corrected chi connectivity index (χ2v) is 4.28. The van der Waals surface area contributed by atoms with Crippen LogP contribution in [0.5, 0.6) is 5.75 Å². The van der Waals surface area contributed by atoms with Crippen LogP contribution < -0.4 is 4.74 Å². The summed E-state index contributed by atoms with van der Waals surface area (Å²) >= 11 is 2.19. The van der Waals surface area contributed by atoms with E-state index < -0.39 is 0 Å². The van der Waals surface area contributed by atoms with Crippen LogP contribution in [-0.2, 0) is 0 Å². The molecule has 0 aliphatic rings. The highest BCUT2D eigenvalue weighted by molar-refractivity contribution is 14.1. The van der Waals surface area contributed by atoms with Crippen molar-refractivity contribution in [3.63, 3.8) is 0 Å². The Hall–Kier alpha value is -0.580. The van der Waals surface area contributed by atoms with E-state index in [0.717, 1.165) is 34.2 Å². The molecule has 1 aromatic rings. The van der Waals surface area contributed by atoms with E-state index in [1.807, 2.05) is 19.1 Å². The van der Waals surface area contributed by atoms with Gasteiger partial charge < -0.3 is 4.74 Å². The molecular formula is C11H13IO2. The average Bonchev–Trinajstić information content (AvgIpc) is 2.16. The zero-order chi connectivity index (χ0) is 10.6. The molecule has 76 valence electrons. The Morgan fingerprint density at radius 2 is 2.21 bits per heavy atom. The number of hydrogen-bond acceptors (Lipinski definition) is 2. The minimum Gasteiger partial charge on any atom is -0.492 e. The van der Waals surface area contributed by atoms with Gasteiger partial charge in [-0.3, -0.25) is 4.79 Å². The summed E-state index contributed by atoms with van der Waals surface area (Å²) in [4.78, 5) is 10.6. The van der Waals surface area contributed by atoms with Crippen molar-refractivity contribution in [2.24, 2.45) is 0 Å². The van der Waals surface area contributed by atoms with Gasteiger partial charge in [-0.05, 0) is 53.6 Å². The molecule has 0 spiro atoms. The van der Waals surface area contributed by atoms with Crippen LogP contribution in [0.2, 0.25) is 0 Å². The van der Waals surface area contributed by atoms with Crippen molar-refractivity contribution in [3.8, 4) is 5.75 Å². The number of benzene rings is 1. The molecule has 0 unspecified atom stereocenters. The topological polar surface area (TPSA) is 26.3 Å². The molecule has 0 fully saturated rings. The number of aldehydes is 1. The Kier molecular flexibility index (Phi) is 4.38. The van der Waals surface area contributed by atoms with Gasteiger partial charge in [0.2, 0.25) is 0 Å². The van der Waals surface area contributed by atoms with E-state index in [0.29, 0.717) is 5.56 Å². The van der Waals surface area contributed by atoms with E-state index in [1.54, 1.807) is 0 Å². The van der Waals surface area contributed by atoms with Crippen molar-refractivity contribution in [2.45, 2.75) is 20.3 Å². The van der Waals surface area contributed by atoms with Crippen LogP contribution in [0.25, 0.3) is 0 Å². The standard InChI is InChI=1S/C11H13IO2/c1-3-4-14-11-8(2)5-9(7-13)6-10(11)12/h5-7H,3-4H2,1-2H3. The van der Waals surface area contributed by atoms with E-state index in [2.05, 4.69) is 29.5 Å². The van der Waals surface area contributed by atoms with Crippen LogP contribution in [0, 0.1) is 10.5 Å². The highest BCUT2D eigenvalue weighted by Gasteiger charge is 2.06. The van der Waals surface area contributed by atoms with Crippen molar-refractivity contribution in [1.82, 2.24) is 0 Å². The molecule has 1 rings (SSSR count). The number of hydrogen-bond donors (Lipinski definition) is 0. The van der Waals surface area contributed by atoms with Gasteiger partial charge in [0.1, 0.15) is 12.0 Å². The number of ether oxygens (including phenoxy) is 1. The summed E-state index contributed by atoms with van der Waals surface area (Å²) in [5.74, 6) is 0.901. The zero-order valence-electron chi connectivity index (χ0n) is 8.34. The molecule has 0 aliphatic carbocycles. The SMILES string of the molecule is CCCOc1c(C)cc(C=O)cc1I. The van der Waals surface area contributed by atoms with Gasteiger partial charge in [-0.15, -0.1) is 0 Å². The van der Waals surface area contributed by atoms with Crippen LogP contribution in [0.4, 0.5) is 0 Å². The Labute approximate surface area is 97.8 Å². The number of rotatable bonds is 4. The lowest BCUT2D eigenvalue weighted by atomic mass is 10.1. The minimum atomic E-state index is 0.704. The first kappa shape index (κ1) is 11.5. The van der Waals surface area contributed by atoms with E-state index in [9.17, 15) is 4.79 Å². The minimum absolute atomic E-state index is 0.704. The maximum Gasteiger partial charge on any atom is 0.150 e. The molecule has 0 radical (unpaired) electrons. The van der Waals surface area contributed by atoms with Crippen LogP contribution in [0.15, 0.2) is 12.1 Å². The molecule has 2 nitrogen and oxygen atoms in total. The number of carbonyl (C=O) groups is 1. The van der Waals surface area contributed by atoms with Gasteiger partial charge in [0, 0.05) is 5.56 Å². The van der Waals surface area contributed by atoms with Gasteiger partial charge in [-0.25, -0.2) is 0 Å². The van der Waals surface area contributed by atoms with E-state index in [1.165, 1.54) is 0 Å². The Morgan fingerprint density at radius 3 is 2.71 bits per heavy atom. The summed E-state index contributed by atoms with van der Waals surface area (Å²) in [6.07, 6.45) is 1.85. The molecule has 0 saturated carbocycles. The molecule has 0 aromatic heterocycles. The number of carbonyl (C=O) groups excluding carboxylic acids is 1. The second-order valence-electron chi connectivity index (χ2n) is 3.12. The van der Waals surface area contributed by atoms with Crippen molar-refractivity contribution in [3.05, 3.63) is 26.8 Å². The van der Waals surface area contributed by atoms with Crippen LogP contribution in [0.1, 0.15) is 29.3 Å². The maximum atomic E-state index is 10.6. The van der Waals surface area contributed by atoms with Crippen LogP contribution in [0.3, 0.4) is 0 Å². The van der Waals surface area contributed by atoms with Crippen molar-refractivity contribution in [1.29, 1.82) is 0 Å². The summed E-state index contributed by atoms with van der Waals surface area (Å²) in [6.45, 7) is 4.75. The first-order chi connectivity index (χ1) is 6.69. The molecule has 3 heteroatoms. The first-order valence-electron chi connectivity index (χ1n) is 4.57. The lowest BCUT2D eigenvalue weighted by Crippen LogP contribution is -2.00. The van der Waals surface area contributed by atoms with E-state index >= 15 is 0 Å². The maximum absolute atomic E-state index is 10.6. The van der Waals surface area contributed by atoms with Crippen LogP contribution >= 0.6 is 22.6 Å². The van der Waals surface area contributed by atoms with Gasteiger partial charge in [0.05, 0.1) is 10.2 Å². The fourth-order valence-corrected chi connectivity index (χ4v) is 2.15. The lowest BCUT2D eigenvalue weighted by molar-refractivity contribution is 0.112. The molecule has 1 aromatic carbocycles. The smallest absolute Gasteiger partial charge is 0.150 e. The van der Waals surface area contributed by atoms with Crippen molar-refractivity contribution in [2.75, 3.05) is 6.61 Å². The molecule has 0 amide bonds. The Balaban J connectivity index is 2.99. The average molecular weight is 304 g/mol. The van der Waals surface area contributed by atoms with E-state index in [4.69, 9.17) is 4.74 Å². The molecular weight excluding hydrogens is 291 g/mol.